The summed E-state index contributed by atoms with van der Waals surface area (Å²) in [6, 6.07) is 5.18. The highest BCUT2D eigenvalue weighted by Gasteiger charge is 2.30. The van der Waals surface area contributed by atoms with E-state index in [4.69, 9.17) is 21.7 Å². The summed E-state index contributed by atoms with van der Waals surface area (Å²) < 4.78 is 10.4. The van der Waals surface area contributed by atoms with Gasteiger partial charge in [-0.1, -0.05) is 0 Å². The van der Waals surface area contributed by atoms with Crippen molar-refractivity contribution in [2.24, 2.45) is 0 Å². The minimum Gasteiger partial charge on any atom is -0.497 e. The van der Waals surface area contributed by atoms with Crippen molar-refractivity contribution in [1.82, 2.24) is 21.7 Å². The van der Waals surface area contributed by atoms with E-state index in [1.54, 1.807) is 25.3 Å². The van der Waals surface area contributed by atoms with Crippen molar-refractivity contribution in [3.05, 3.63) is 18.2 Å². The van der Waals surface area contributed by atoms with Gasteiger partial charge in [-0.25, -0.2) is 10.9 Å². The number of hydrogen-bond acceptors (Lipinski definition) is 6. The Morgan fingerprint density at radius 2 is 1.95 bits per heavy atom. The number of amides is 1. The van der Waals surface area contributed by atoms with Crippen molar-refractivity contribution in [2.45, 2.75) is 19.0 Å². The predicted octanol–water partition coefficient (Wildman–Crippen LogP) is 0.236. The van der Waals surface area contributed by atoms with Gasteiger partial charge >= 0.3 is 0 Å². The number of rotatable bonds is 5. The second-order valence-corrected chi connectivity index (χ2v) is 5.36. The molecule has 1 saturated heterocycles. The highest BCUT2D eigenvalue weighted by Crippen LogP contribution is 2.29. The molecular weight excluding hydrogens is 306 g/mol. The van der Waals surface area contributed by atoms with E-state index in [2.05, 4.69) is 27.0 Å². The monoisotopic (exact) mass is 325 g/mol. The van der Waals surface area contributed by atoms with E-state index in [9.17, 15) is 4.79 Å². The minimum absolute atomic E-state index is 0.158. The van der Waals surface area contributed by atoms with Crippen LogP contribution in [-0.4, -0.2) is 30.9 Å². The van der Waals surface area contributed by atoms with Gasteiger partial charge in [0.2, 0.25) is 5.91 Å². The fourth-order valence-electron chi connectivity index (χ4n) is 1.96. The van der Waals surface area contributed by atoms with Crippen LogP contribution in [-0.2, 0) is 4.79 Å². The lowest BCUT2D eigenvalue weighted by Gasteiger charge is -2.37. The molecule has 1 aliphatic heterocycles. The average Bonchev–Trinajstić information content (AvgIpc) is 2.50. The summed E-state index contributed by atoms with van der Waals surface area (Å²) in [6.07, 6.45) is 0.158. The first-order valence-corrected chi connectivity index (χ1v) is 6.99. The molecule has 9 heteroatoms. The Bertz CT molecular complexity index is 571. The topological polar surface area (TPSA) is 95.7 Å². The van der Waals surface area contributed by atoms with Crippen molar-refractivity contribution in [3.63, 3.8) is 0 Å². The van der Waals surface area contributed by atoms with E-state index in [0.29, 0.717) is 22.3 Å². The van der Waals surface area contributed by atoms with Crippen molar-refractivity contribution < 1.29 is 14.3 Å². The number of ether oxygens (including phenoxy) is 2. The van der Waals surface area contributed by atoms with Gasteiger partial charge < -0.3 is 14.8 Å². The number of carbonyl (C=O) groups excluding carboxylic acids is 1. The SMILES string of the molecule is COc1ccc(NC(=O)CC2(C)NNC(=S)NN2)c(OC)c1. The smallest absolute Gasteiger partial charge is 0.227 e. The molecule has 1 aromatic rings. The Labute approximate surface area is 133 Å². The van der Waals surface area contributed by atoms with E-state index in [-0.39, 0.29) is 12.3 Å². The van der Waals surface area contributed by atoms with Gasteiger partial charge in [-0.05, 0) is 31.3 Å². The molecule has 8 nitrogen and oxygen atoms in total. The zero-order chi connectivity index (χ0) is 16.2. The van der Waals surface area contributed by atoms with Gasteiger partial charge in [0.1, 0.15) is 17.2 Å². The van der Waals surface area contributed by atoms with Crippen molar-refractivity contribution >= 4 is 28.9 Å². The molecular formula is C13H19N5O3S. The van der Waals surface area contributed by atoms with Crippen LogP contribution < -0.4 is 36.5 Å². The molecule has 22 heavy (non-hydrogen) atoms. The fraction of sp³-hybridized carbons (Fsp3) is 0.385. The van der Waals surface area contributed by atoms with E-state index in [1.807, 2.05) is 6.92 Å². The molecule has 0 spiro atoms. The zero-order valence-electron chi connectivity index (χ0n) is 12.6. The second-order valence-electron chi connectivity index (χ2n) is 4.95. The summed E-state index contributed by atoms with van der Waals surface area (Å²) in [5.41, 5.74) is 11.3. The van der Waals surface area contributed by atoms with Crippen LogP contribution in [0.2, 0.25) is 0 Å². The van der Waals surface area contributed by atoms with E-state index in [0.717, 1.165) is 0 Å². The number of methoxy groups -OCH3 is 2. The fourth-order valence-corrected chi connectivity index (χ4v) is 2.06. The quantitative estimate of drug-likeness (QED) is 0.491. The average molecular weight is 325 g/mol. The van der Waals surface area contributed by atoms with Gasteiger partial charge in [-0.2, -0.15) is 0 Å². The lowest BCUT2D eigenvalue weighted by molar-refractivity contribution is -0.118. The summed E-state index contributed by atoms with van der Waals surface area (Å²) in [6.45, 7) is 1.82. The maximum atomic E-state index is 12.2. The van der Waals surface area contributed by atoms with Gasteiger partial charge in [0.25, 0.3) is 0 Å². The van der Waals surface area contributed by atoms with Gasteiger partial charge in [-0.3, -0.25) is 15.6 Å². The Morgan fingerprint density at radius 3 is 2.55 bits per heavy atom. The van der Waals surface area contributed by atoms with Gasteiger partial charge in [0.15, 0.2) is 5.11 Å². The molecule has 1 aromatic carbocycles. The Balaban J connectivity index is 2.01. The van der Waals surface area contributed by atoms with E-state index < -0.39 is 5.66 Å². The normalized spacial score (nSPS) is 16.2. The molecule has 120 valence electrons. The Hall–Kier alpha value is -2.10. The van der Waals surface area contributed by atoms with Crippen LogP contribution in [0.1, 0.15) is 13.3 Å². The molecule has 0 atom stereocenters. The van der Waals surface area contributed by atoms with Gasteiger partial charge in [0, 0.05) is 6.07 Å². The molecule has 1 fully saturated rings. The molecule has 2 rings (SSSR count). The summed E-state index contributed by atoms with van der Waals surface area (Å²) in [5, 5.41) is 3.22. The molecule has 0 saturated carbocycles. The zero-order valence-corrected chi connectivity index (χ0v) is 13.4. The number of nitrogens with one attached hydrogen (secondary N) is 5. The number of carbonyl (C=O) groups is 1. The van der Waals surface area contributed by atoms with Crippen LogP contribution in [0.5, 0.6) is 11.5 Å². The summed E-state index contributed by atoms with van der Waals surface area (Å²) >= 11 is 4.91. The van der Waals surface area contributed by atoms with Crippen LogP contribution in [0.25, 0.3) is 0 Å². The van der Waals surface area contributed by atoms with Crippen LogP contribution in [0.3, 0.4) is 0 Å². The van der Waals surface area contributed by atoms with Crippen molar-refractivity contribution in [3.8, 4) is 11.5 Å². The molecule has 0 aliphatic carbocycles. The predicted molar refractivity (Wildman–Crippen MR) is 86.3 cm³/mol. The highest BCUT2D eigenvalue weighted by molar-refractivity contribution is 7.80. The number of hydrogen-bond donors (Lipinski definition) is 5. The summed E-state index contributed by atoms with van der Waals surface area (Å²) in [4.78, 5) is 12.2. The molecule has 1 heterocycles. The first-order valence-electron chi connectivity index (χ1n) is 6.58. The lowest BCUT2D eigenvalue weighted by atomic mass is 10.1. The number of hydrazine groups is 2. The molecule has 1 amide bonds. The largest absolute Gasteiger partial charge is 0.497 e. The highest BCUT2D eigenvalue weighted by atomic mass is 32.1. The van der Waals surface area contributed by atoms with E-state index >= 15 is 0 Å². The first kappa shape index (κ1) is 16.3. The second kappa shape index (κ2) is 6.77. The maximum absolute atomic E-state index is 12.2. The molecule has 1 aliphatic rings. The Morgan fingerprint density at radius 1 is 1.27 bits per heavy atom. The number of thiocarbonyl (C=S) groups is 1. The van der Waals surface area contributed by atoms with E-state index in [1.165, 1.54) is 7.11 Å². The molecule has 0 unspecified atom stereocenters. The van der Waals surface area contributed by atoms with Gasteiger partial charge in [-0.15, -0.1) is 0 Å². The van der Waals surface area contributed by atoms with Crippen LogP contribution in [0.15, 0.2) is 18.2 Å². The van der Waals surface area contributed by atoms with Crippen LogP contribution >= 0.6 is 12.2 Å². The number of anilines is 1. The Kier molecular flexibility index (Phi) is 5.01. The van der Waals surface area contributed by atoms with Crippen molar-refractivity contribution in [1.29, 1.82) is 0 Å². The molecule has 0 bridgehead atoms. The van der Waals surface area contributed by atoms with Crippen LogP contribution in [0, 0.1) is 0 Å². The molecule has 5 N–H and O–H groups in total. The first-order chi connectivity index (χ1) is 10.5. The maximum Gasteiger partial charge on any atom is 0.227 e. The standard InChI is InChI=1S/C13H19N5O3S/c1-13(17-15-12(22)16-18-13)7-11(19)14-9-5-4-8(20-2)6-10(9)21-3/h4-6,17-18H,7H2,1-3H3,(H,14,19)(H2,15,16,22). The minimum atomic E-state index is -0.688. The third kappa shape index (κ3) is 3.97. The number of benzene rings is 1. The third-order valence-electron chi connectivity index (χ3n) is 3.10. The molecule has 0 aromatic heterocycles. The van der Waals surface area contributed by atoms with Gasteiger partial charge in [0.05, 0.1) is 26.3 Å². The van der Waals surface area contributed by atoms with Crippen LogP contribution in [0.4, 0.5) is 5.69 Å². The molecule has 0 radical (unpaired) electrons. The summed E-state index contributed by atoms with van der Waals surface area (Å²) in [7, 11) is 3.10. The van der Waals surface area contributed by atoms with Crippen molar-refractivity contribution in [2.75, 3.05) is 19.5 Å². The third-order valence-corrected chi connectivity index (χ3v) is 3.30. The lowest BCUT2D eigenvalue weighted by Crippen LogP contribution is -2.73. The summed E-state index contributed by atoms with van der Waals surface area (Å²) in [5.74, 6) is 0.988.